The second kappa shape index (κ2) is 11.2. The summed E-state index contributed by atoms with van der Waals surface area (Å²) in [6, 6.07) is 16.9. The molecule has 2 heterocycles. The lowest BCUT2D eigenvalue weighted by Crippen LogP contribution is -2.48. The van der Waals surface area contributed by atoms with E-state index < -0.39 is 0 Å². The van der Waals surface area contributed by atoms with Gasteiger partial charge in [-0.25, -0.2) is 0 Å². The molecular weight excluding hydrogens is 450 g/mol. The SMILES string of the molecule is Cc1ccc(N2CCN(CCC(=S)N3CCC(Nc4ccc(C#N)c(Cl)c4)CC3)CC2)cc1. The molecule has 2 aromatic rings. The van der Waals surface area contributed by atoms with Crippen LogP contribution < -0.4 is 10.2 Å². The van der Waals surface area contributed by atoms with Gasteiger partial charge in [0.1, 0.15) is 6.07 Å². The molecule has 0 unspecified atom stereocenters. The topological polar surface area (TPSA) is 45.5 Å². The predicted octanol–water partition coefficient (Wildman–Crippen LogP) is 4.94. The molecular formula is C26H32ClN5S. The second-order valence-corrected chi connectivity index (χ2v) is 9.90. The number of aryl methyl sites for hydroxylation is 1. The Morgan fingerprint density at radius 3 is 2.39 bits per heavy atom. The van der Waals surface area contributed by atoms with Crippen LogP contribution in [0.3, 0.4) is 0 Å². The lowest BCUT2D eigenvalue weighted by molar-refractivity contribution is 0.258. The van der Waals surface area contributed by atoms with Crippen LogP contribution in [0.15, 0.2) is 42.5 Å². The molecule has 0 atom stereocenters. The number of piperidine rings is 1. The van der Waals surface area contributed by atoms with Crippen LogP contribution in [-0.4, -0.2) is 66.6 Å². The number of nitriles is 1. The summed E-state index contributed by atoms with van der Waals surface area (Å²) < 4.78 is 0. The number of rotatable bonds is 6. The van der Waals surface area contributed by atoms with Crippen LogP contribution in [0.2, 0.25) is 5.02 Å². The number of nitrogens with zero attached hydrogens (tertiary/aromatic N) is 4. The minimum absolute atomic E-state index is 0.405. The first kappa shape index (κ1) is 23.8. The van der Waals surface area contributed by atoms with Crippen molar-refractivity contribution >= 4 is 40.2 Å². The highest BCUT2D eigenvalue weighted by molar-refractivity contribution is 7.80. The Morgan fingerprint density at radius 1 is 1.06 bits per heavy atom. The van der Waals surface area contributed by atoms with Crippen LogP contribution in [0.1, 0.15) is 30.4 Å². The fourth-order valence-corrected chi connectivity index (χ4v) is 5.10. The largest absolute Gasteiger partial charge is 0.382 e. The van der Waals surface area contributed by atoms with Crippen LogP contribution in [0, 0.1) is 18.3 Å². The molecule has 0 amide bonds. The van der Waals surface area contributed by atoms with E-state index in [2.05, 4.69) is 57.3 Å². The molecule has 7 heteroatoms. The molecule has 33 heavy (non-hydrogen) atoms. The van der Waals surface area contributed by atoms with E-state index in [0.29, 0.717) is 16.6 Å². The van der Waals surface area contributed by atoms with Crippen molar-refractivity contribution in [3.05, 3.63) is 58.6 Å². The minimum atomic E-state index is 0.405. The quantitative estimate of drug-likeness (QED) is 0.590. The highest BCUT2D eigenvalue weighted by Crippen LogP contribution is 2.23. The van der Waals surface area contributed by atoms with E-state index in [4.69, 9.17) is 29.1 Å². The third-order valence-corrected chi connectivity index (χ3v) is 7.50. The standard InChI is InChI=1S/C26H32ClN5S/c1-20-2-6-24(7-3-20)31-16-14-30(15-17-31)11-10-26(33)32-12-8-22(9-13-32)29-23-5-4-21(19-28)25(27)18-23/h2-7,18,22,29H,8-17H2,1H3. The number of hydrogen-bond acceptors (Lipinski definition) is 5. The zero-order chi connectivity index (χ0) is 23.2. The van der Waals surface area contributed by atoms with Gasteiger partial charge < -0.3 is 15.1 Å². The molecule has 0 radical (unpaired) electrons. The molecule has 4 rings (SSSR count). The molecule has 0 spiro atoms. The van der Waals surface area contributed by atoms with Gasteiger partial charge in [-0.1, -0.05) is 41.5 Å². The normalized spacial score (nSPS) is 17.6. The van der Waals surface area contributed by atoms with E-state index in [1.165, 1.54) is 11.3 Å². The first-order valence-electron chi connectivity index (χ1n) is 11.8. The van der Waals surface area contributed by atoms with Crippen LogP contribution in [0.5, 0.6) is 0 Å². The van der Waals surface area contributed by atoms with Crippen molar-refractivity contribution in [3.8, 4) is 6.07 Å². The van der Waals surface area contributed by atoms with Gasteiger partial charge >= 0.3 is 0 Å². The van der Waals surface area contributed by atoms with Gasteiger partial charge in [-0.3, -0.25) is 4.90 Å². The average Bonchev–Trinajstić information content (AvgIpc) is 2.84. The van der Waals surface area contributed by atoms with E-state index >= 15 is 0 Å². The molecule has 0 aliphatic carbocycles. The summed E-state index contributed by atoms with van der Waals surface area (Å²) >= 11 is 11.9. The van der Waals surface area contributed by atoms with E-state index in [1.54, 1.807) is 6.07 Å². The van der Waals surface area contributed by atoms with E-state index in [0.717, 1.165) is 75.8 Å². The first-order chi connectivity index (χ1) is 16.0. The Kier molecular flexibility index (Phi) is 8.08. The molecule has 0 aromatic heterocycles. The Hall–Kier alpha value is -2.33. The summed E-state index contributed by atoms with van der Waals surface area (Å²) in [6.45, 7) is 9.49. The number of halogens is 1. The van der Waals surface area contributed by atoms with Crippen LogP contribution in [0.25, 0.3) is 0 Å². The first-order valence-corrected chi connectivity index (χ1v) is 12.6. The monoisotopic (exact) mass is 481 g/mol. The fourth-order valence-electron chi connectivity index (χ4n) is 4.60. The van der Waals surface area contributed by atoms with E-state index in [1.807, 2.05) is 12.1 Å². The molecule has 5 nitrogen and oxygen atoms in total. The zero-order valence-electron chi connectivity index (χ0n) is 19.3. The lowest BCUT2D eigenvalue weighted by Gasteiger charge is -2.37. The third-order valence-electron chi connectivity index (χ3n) is 6.72. The molecule has 2 aromatic carbocycles. The molecule has 2 aliphatic heterocycles. The van der Waals surface area contributed by atoms with Gasteiger partial charge in [-0.05, 0) is 50.1 Å². The van der Waals surface area contributed by atoms with Gasteiger partial charge in [-0.2, -0.15) is 5.26 Å². The number of hydrogen-bond donors (Lipinski definition) is 1. The molecule has 0 saturated carbocycles. The maximum atomic E-state index is 9.03. The predicted molar refractivity (Wildman–Crippen MR) is 141 cm³/mol. The summed E-state index contributed by atoms with van der Waals surface area (Å²) in [5.74, 6) is 0. The maximum Gasteiger partial charge on any atom is 0.101 e. The second-order valence-electron chi connectivity index (χ2n) is 9.02. The van der Waals surface area contributed by atoms with Crippen LogP contribution >= 0.6 is 23.8 Å². The van der Waals surface area contributed by atoms with Crippen LogP contribution in [0.4, 0.5) is 11.4 Å². The summed E-state index contributed by atoms with van der Waals surface area (Å²) in [6.07, 6.45) is 3.06. The molecule has 0 bridgehead atoms. The zero-order valence-corrected chi connectivity index (χ0v) is 20.8. The minimum Gasteiger partial charge on any atom is -0.382 e. The Bertz CT molecular complexity index is 987. The smallest absolute Gasteiger partial charge is 0.101 e. The van der Waals surface area contributed by atoms with Crippen molar-refractivity contribution in [2.24, 2.45) is 0 Å². The van der Waals surface area contributed by atoms with E-state index in [9.17, 15) is 0 Å². The van der Waals surface area contributed by atoms with Crippen molar-refractivity contribution in [1.82, 2.24) is 9.80 Å². The average molecular weight is 482 g/mol. The van der Waals surface area contributed by atoms with Crippen molar-refractivity contribution in [2.75, 3.05) is 56.0 Å². The van der Waals surface area contributed by atoms with Gasteiger partial charge in [-0.15, -0.1) is 0 Å². The summed E-state index contributed by atoms with van der Waals surface area (Å²) in [7, 11) is 0. The van der Waals surface area contributed by atoms with Crippen molar-refractivity contribution in [3.63, 3.8) is 0 Å². The summed E-state index contributed by atoms with van der Waals surface area (Å²) in [5, 5.41) is 13.1. The van der Waals surface area contributed by atoms with E-state index in [-0.39, 0.29) is 0 Å². The fraction of sp³-hybridized carbons (Fsp3) is 0.462. The number of nitrogens with one attached hydrogen (secondary N) is 1. The van der Waals surface area contributed by atoms with Gasteiger partial charge in [0.05, 0.1) is 15.6 Å². The molecule has 174 valence electrons. The number of anilines is 2. The number of benzene rings is 2. The number of thiocarbonyl (C=S) groups is 1. The Labute approximate surface area is 207 Å². The molecule has 1 N–H and O–H groups in total. The lowest BCUT2D eigenvalue weighted by atomic mass is 10.0. The Morgan fingerprint density at radius 2 is 1.76 bits per heavy atom. The summed E-state index contributed by atoms with van der Waals surface area (Å²) in [4.78, 5) is 8.49. The van der Waals surface area contributed by atoms with Crippen molar-refractivity contribution < 1.29 is 0 Å². The van der Waals surface area contributed by atoms with Gasteiger partial charge in [0.2, 0.25) is 0 Å². The number of piperazine rings is 1. The summed E-state index contributed by atoms with van der Waals surface area (Å²) in [5.41, 5.74) is 4.13. The highest BCUT2D eigenvalue weighted by atomic mass is 35.5. The Balaban J connectivity index is 1.16. The van der Waals surface area contributed by atoms with Crippen LogP contribution in [-0.2, 0) is 0 Å². The number of likely N-dealkylation sites (tertiary alicyclic amines) is 1. The van der Waals surface area contributed by atoms with Gasteiger partial charge in [0.25, 0.3) is 0 Å². The highest BCUT2D eigenvalue weighted by Gasteiger charge is 2.22. The van der Waals surface area contributed by atoms with Gasteiger partial charge in [0.15, 0.2) is 0 Å². The van der Waals surface area contributed by atoms with Crippen molar-refractivity contribution in [2.45, 2.75) is 32.2 Å². The third kappa shape index (κ3) is 6.38. The maximum absolute atomic E-state index is 9.03. The van der Waals surface area contributed by atoms with Gasteiger partial charge in [0, 0.05) is 69.7 Å². The molecule has 2 fully saturated rings. The molecule has 2 saturated heterocycles. The van der Waals surface area contributed by atoms with Crippen molar-refractivity contribution in [1.29, 1.82) is 5.26 Å². The molecule has 2 aliphatic rings.